The second-order valence-corrected chi connectivity index (χ2v) is 5.98. The molecule has 0 unspecified atom stereocenters. The summed E-state index contributed by atoms with van der Waals surface area (Å²) in [5.41, 5.74) is 2.64. The first kappa shape index (κ1) is 16.1. The molecular weight excluding hydrogens is 288 g/mol. The molecule has 4 heteroatoms. The summed E-state index contributed by atoms with van der Waals surface area (Å²) in [5.74, 6) is 2.04. The van der Waals surface area contributed by atoms with Crippen molar-refractivity contribution < 1.29 is 9.15 Å². The number of para-hydroxylation sites is 1. The number of ether oxygens (including phenoxy) is 1. The molecule has 1 aliphatic rings. The van der Waals surface area contributed by atoms with Crippen molar-refractivity contribution in [2.75, 3.05) is 31.2 Å². The van der Waals surface area contributed by atoms with E-state index in [0.29, 0.717) is 0 Å². The summed E-state index contributed by atoms with van der Waals surface area (Å²) in [4.78, 5) is 2.42. The van der Waals surface area contributed by atoms with Gasteiger partial charge in [-0.3, -0.25) is 0 Å². The minimum Gasteiger partial charge on any atom is -0.465 e. The average molecular weight is 314 g/mol. The van der Waals surface area contributed by atoms with E-state index in [2.05, 4.69) is 60.5 Å². The van der Waals surface area contributed by atoms with E-state index in [-0.39, 0.29) is 6.04 Å². The fourth-order valence-electron chi connectivity index (χ4n) is 3.02. The van der Waals surface area contributed by atoms with Crippen molar-refractivity contribution in [3.63, 3.8) is 0 Å². The summed E-state index contributed by atoms with van der Waals surface area (Å²) >= 11 is 0. The molecule has 0 amide bonds. The molecule has 0 radical (unpaired) electrons. The molecule has 3 rings (SSSR count). The van der Waals surface area contributed by atoms with Gasteiger partial charge < -0.3 is 19.4 Å². The average Bonchev–Trinajstić information content (AvgIpc) is 3.08. The Morgan fingerprint density at radius 2 is 1.83 bits per heavy atom. The number of anilines is 1. The first-order valence-corrected chi connectivity index (χ1v) is 8.50. The van der Waals surface area contributed by atoms with Crippen LogP contribution in [-0.4, -0.2) is 26.3 Å². The normalized spacial score (nSPS) is 16.5. The molecule has 0 aliphatic carbocycles. The van der Waals surface area contributed by atoms with Crippen LogP contribution in [0.3, 0.4) is 0 Å². The molecule has 4 nitrogen and oxygen atoms in total. The van der Waals surface area contributed by atoms with Crippen molar-refractivity contribution >= 4 is 5.69 Å². The monoisotopic (exact) mass is 314 g/mol. The SMILES string of the molecule is CCc1ccc(CN[C@H](C)c2ccccc2N2CCOCC2)o1. The lowest BCUT2D eigenvalue weighted by atomic mass is 10.0. The highest BCUT2D eigenvalue weighted by Crippen LogP contribution is 2.27. The number of nitrogens with one attached hydrogen (secondary N) is 1. The number of morpholine rings is 1. The number of hydrogen-bond acceptors (Lipinski definition) is 4. The summed E-state index contributed by atoms with van der Waals surface area (Å²) in [6, 6.07) is 13.0. The zero-order valence-corrected chi connectivity index (χ0v) is 14.0. The molecule has 2 aromatic rings. The van der Waals surface area contributed by atoms with Crippen LogP contribution in [0.2, 0.25) is 0 Å². The smallest absolute Gasteiger partial charge is 0.117 e. The topological polar surface area (TPSA) is 37.6 Å². The lowest BCUT2D eigenvalue weighted by molar-refractivity contribution is 0.122. The first-order chi connectivity index (χ1) is 11.3. The highest BCUT2D eigenvalue weighted by molar-refractivity contribution is 5.55. The van der Waals surface area contributed by atoms with Gasteiger partial charge >= 0.3 is 0 Å². The molecule has 0 saturated carbocycles. The standard InChI is InChI=1S/C19H26N2O2/c1-3-16-8-9-17(23-16)14-20-15(2)18-6-4-5-7-19(18)21-10-12-22-13-11-21/h4-9,15,20H,3,10-14H2,1-2H3/t15-/m1/s1. The van der Waals surface area contributed by atoms with Crippen molar-refractivity contribution in [3.8, 4) is 0 Å². The van der Waals surface area contributed by atoms with Gasteiger partial charge in [-0.1, -0.05) is 25.1 Å². The van der Waals surface area contributed by atoms with Gasteiger partial charge in [0, 0.05) is 31.2 Å². The van der Waals surface area contributed by atoms with E-state index in [9.17, 15) is 0 Å². The Morgan fingerprint density at radius 3 is 2.57 bits per heavy atom. The van der Waals surface area contributed by atoms with Crippen molar-refractivity contribution in [1.82, 2.24) is 5.32 Å². The van der Waals surface area contributed by atoms with Gasteiger partial charge in [0.2, 0.25) is 0 Å². The zero-order chi connectivity index (χ0) is 16.1. The summed E-state index contributed by atoms with van der Waals surface area (Å²) in [6.07, 6.45) is 0.940. The lowest BCUT2D eigenvalue weighted by Crippen LogP contribution is -2.37. The van der Waals surface area contributed by atoms with Gasteiger partial charge in [-0.05, 0) is 30.7 Å². The summed E-state index contributed by atoms with van der Waals surface area (Å²) in [5, 5.41) is 3.58. The van der Waals surface area contributed by atoms with E-state index in [1.165, 1.54) is 11.3 Å². The second-order valence-electron chi connectivity index (χ2n) is 5.98. The van der Waals surface area contributed by atoms with Crippen LogP contribution in [0.1, 0.15) is 37.0 Å². The highest BCUT2D eigenvalue weighted by Gasteiger charge is 2.17. The summed E-state index contributed by atoms with van der Waals surface area (Å²) in [6.45, 7) is 8.60. The molecule has 2 heterocycles. The Labute approximate surface area is 138 Å². The minimum atomic E-state index is 0.268. The maximum atomic E-state index is 5.78. The number of nitrogens with zero attached hydrogens (tertiary/aromatic N) is 1. The van der Waals surface area contributed by atoms with Gasteiger partial charge in [0.1, 0.15) is 11.5 Å². The van der Waals surface area contributed by atoms with Crippen LogP contribution in [0.25, 0.3) is 0 Å². The van der Waals surface area contributed by atoms with Gasteiger partial charge in [0.15, 0.2) is 0 Å². The van der Waals surface area contributed by atoms with E-state index in [4.69, 9.17) is 9.15 Å². The molecule has 1 atom stereocenters. The van der Waals surface area contributed by atoms with E-state index in [1.807, 2.05) is 0 Å². The molecule has 124 valence electrons. The molecule has 1 aliphatic heterocycles. The van der Waals surface area contributed by atoms with Crippen LogP contribution in [-0.2, 0) is 17.7 Å². The summed E-state index contributed by atoms with van der Waals surface area (Å²) in [7, 11) is 0. The number of rotatable bonds is 6. The largest absolute Gasteiger partial charge is 0.465 e. The quantitative estimate of drug-likeness (QED) is 0.885. The number of benzene rings is 1. The van der Waals surface area contributed by atoms with Crippen LogP contribution >= 0.6 is 0 Å². The minimum absolute atomic E-state index is 0.268. The Kier molecular flexibility index (Phi) is 5.36. The fraction of sp³-hybridized carbons (Fsp3) is 0.474. The lowest BCUT2D eigenvalue weighted by Gasteiger charge is -2.32. The molecule has 1 aromatic heterocycles. The Bertz CT molecular complexity index is 617. The van der Waals surface area contributed by atoms with E-state index >= 15 is 0 Å². The van der Waals surface area contributed by atoms with Gasteiger partial charge in [-0.15, -0.1) is 0 Å². The van der Waals surface area contributed by atoms with E-state index < -0.39 is 0 Å². The summed E-state index contributed by atoms with van der Waals surface area (Å²) < 4.78 is 11.2. The molecule has 0 spiro atoms. The van der Waals surface area contributed by atoms with Crippen LogP contribution < -0.4 is 10.2 Å². The van der Waals surface area contributed by atoms with E-state index in [1.54, 1.807) is 0 Å². The Morgan fingerprint density at radius 1 is 1.09 bits per heavy atom. The van der Waals surface area contributed by atoms with Crippen LogP contribution in [0.15, 0.2) is 40.8 Å². The van der Waals surface area contributed by atoms with Crippen molar-refractivity contribution in [1.29, 1.82) is 0 Å². The third-order valence-electron chi connectivity index (χ3n) is 4.40. The molecule has 1 saturated heterocycles. The predicted molar refractivity (Wildman–Crippen MR) is 92.8 cm³/mol. The molecule has 1 N–H and O–H groups in total. The molecule has 1 aromatic carbocycles. The van der Waals surface area contributed by atoms with Gasteiger partial charge in [-0.25, -0.2) is 0 Å². The number of aryl methyl sites for hydroxylation is 1. The van der Waals surface area contributed by atoms with Gasteiger partial charge in [0.05, 0.1) is 19.8 Å². The zero-order valence-electron chi connectivity index (χ0n) is 14.0. The van der Waals surface area contributed by atoms with Crippen LogP contribution in [0, 0.1) is 0 Å². The predicted octanol–water partition coefficient (Wildman–Crippen LogP) is 3.53. The van der Waals surface area contributed by atoms with Gasteiger partial charge in [-0.2, -0.15) is 0 Å². The second kappa shape index (κ2) is 7.66. The Balaban J connectivity index is 1.67. The highest BCUT2D eigenvalue weighted by atomic mass is 16.5. The van der Waals surface area contributed by atoms with Crippen molar-refractivity contribution in [2.24, 2.45) is 0 Å². The third kappa shape index (κ3) is 3.95. The Hall–Kier alpha value is -1.78. The van der Waals surface area contributed by atoms with E-state index in [0.717, 1.165) is 50.8 Å². The molecular formula is C19H26N2O2. The van der Waals surface area contributed by atoms with Crippen LogP contribution in [0.4, 0.5) is 5.69 Å². The van der Waals surface area contributed by atoms with Gasteiger partial charge in [0.25, 0.3) is 0 Å². The third-order valence-corrected chi connectivity index (χ3v) is 4.40. The number of hydrogen-bond donors (Lipinski definition) is 1. The number of furan rings is 1. The van der Waals surface area contributed by atoms with Crippen LogP contribution in [0.5, 0.6) is 0 Å². The van der Waals surface area contributed by atoms with Crippen molar-refractivity contribution in [2.45, 2.75) is 32.9 Å². The maximum Gasteiger partial charge on any atom is 0.117 e. The first-order valence-electron chi connectivity index (χ1n) is 8.50. The molecule has 1 fully saturated rings. The molecule has 0 bridgehead atoms. The fourth-order valence-corrected chi connectivity index (χ4v) is 3.02. The van der Waals surface area contributed by atoms with Crippen molar-refractivity contribution in [3.05, 3.63) is 53.5 Å². The molecule has 23 heavy (non-hydrogen) atoms. The maximum absolute atomic E-state index is 5.78.